The van der Waals surface area contributed by atoms with E-state index in [1.807, 2.05) is 24.2 Å². The normalized spacial score (nSPS) is 28.1. The molecule has 1 N–H and O–H groups in total. The van der Waals surface area contributed by atoms with Gasteiger partial charge in [0.25, 0.3) is 0 Å². The predicted octanol–water partition coefficient (Wildman–Crippen LogP) is 0.620. The zero-order chi connectivity index (χ0) is 14.8. The fraction of sp³-hybridized carbons (Fsp3) is 0.733. The van der Waals surface area contributed by atoms with Gasteiger partial charge in [-0.15, -0.1) is 0 Å². The van der Waals surface area contributed by atoms with E-state index in [1.54, 1.807) is 4.68 Å². The molecule has 3 heterocycles. The average molecular weight is 292 g/mol. The van der Waals surface area contributed by atoms with Crippen molar-refractivity contribution in [2.75, 3.05) is 31.1 Å². The van der Waals surface area contributed by atoms with E-state index in [-0.39, 0.29) is 18.6 Å². The molecule has 2 fully saturated rings. The van der Waals surface area contributed by atoms with E-state index in [0.29, 0.717) is 5.92 Å². The molecule has 0 saturated carbocycles. The first-order valence-corrected chi connectivity index (χ1v) is 7.85. The van der Waals surface area contributed by atoms with Crippen LogP contribution >= 0.6 is 0 Å². The molecule has 2 atom stereocenters. The Balaban J connectivity index is 1.72. The second-order valence-corrected chi connectivity index (χ2v) is 6.18. The van der Waals surface area contributed by atoms with Gasteiger partial charge in [0.15, 0.2) is 5.82 Å². The van der Waals surface area contributed by atoms with Crippen molar-refractivity contribution in [3.8, 4) is 0 Å². The standard InChI is InChI=1S/C15H24N4O2/c1-17-9-6-14(16-17)19-8-3-5-13(15(19)21)18-7-2-4-12(10-18)11-20/h6,9,12-13,20H,2-5,7-8,10-11H2,1H3. The van der Waals surface area contributed by atoms with Gasteiger partial charge in [-0.2, -0.15) is 5.10 Å². The Hall–Kier alpha value is -1.40. The lowest BCUT2D eigenvalue weighted by Crippen LogP contribution is -2.55. The minimum absolute atomic E-state index is 0.0462. The van der Waals surface area contributed by atoms with E-state index in [4.69, 9.17) is 0 Å². The first kappa shape index (κ1) is 14.5. The van der Waals surface area contributed by atoms with Gasteiger partial charge in [0, 0.05) is 39.0 Å². The van der Waals surface area contributed by atoms with E-state index >= 15 is 0 Å². The maximum Gasteiger partial charge on any atom is 0.245 e. The third-order valence-corrected chi connectivity index (χ3v) is 4.64. The van der Waals surface area contributed by atoms with Gasteiger partial charge in [-0.1, -0.05) is 0 Å². The van der Waals surface area contributed by atoms with E-state index < -0.39 is 0 Å². The van der Waals surface area contributed by atoms with Crippen LogP contribution in [-0.4, -0.2) is 58.0 Å². The van der Waals surface area contributed by atoms with Crippen molar-refractivity contribution in [2.24, 2.45) is 13.0 Å². The highest BCUT2D eigenvalue weighted by Gasteiger charge is 2.36. The van der Waals surface area contributed by atoms with Gasteiger partial charge in [0.1, 0.15) is 0 Å². The summed E-state index contributed by atoms with van der Waals surface area (Å²) in [5.74, 6) is 1.23. The lowest BCUT2D eigenvalue weighted by Gasteiger charge is -2.41. The zero-order valence-corrected chi connectivity index (χ0v) is 12.6. The minimum atomic E-state index is -0.0462. The molecule has 2 unspecified atom stereocenters. The number of nitrogens with zero attached hydrogens (tertiary/aromatic N) is 4. The van der Waals surface area contributed by atoms with Crippen LogP contribution < -0.4 is 4.90 Å². The number of aliphatic hydroxyl groups excluding tert-OH is 1. The molecule has 0 aromatic carbocycles. The Kier molecular flexibility index (Phi) is 4.26. The Morgan fingerprint density at radius 1 is 1.33 bits per heavy atom. The highest BCUT2D eigenvalue weighted by atomic mass is 16.3. The summed E-state index contributed by atoms with van der Waals surface area (Å²) in [6, 6.07) is 1.85. The average Bonchev–Trinajstić information content (AvgIpc) is 2.94. The van der Waals surface area contributed by atoms with Crippen LogP contribution in [-0.2, 0) is 11.8 Å². The third-order valence-electron chi connectivity index (χ3n) is 4.64. The van der Waals surface area contributed by atoms with Gasteiger partial charge < -0.3 is 5.11 Å². The number of aromatic nitrogens is 2. The zero-order valence-electron chi connectivity index (χ0n) is 12.6. The van der Waals surface area contributed by atoms with E-state index in [1.165, 1.54) is 0 Å². The molecule has 6 nitrogen and oxygen atoms in total. The number of rotatable bonds is 3. The summed E-state index contributed by atoms with van der Waals surface area (Å²) in [5, 5.41) is 13.7. The summed E-state index contributed by atoms with van der Waals surface area (Å²) in [6.45, 7) is 2.77. The molecule has 6 heteroatoms. The number of aliphatic hydroxyl groups is 1. The molecule has 0 radical (unpaired) electrons. The van der Waals surface area contributed by atoms with E-state index in [0.717, 1.165) is 51.1 Å². The number of likely N-dealkylation sites (tertiary alicyclic amines) is 1. The molecule has 1 amide bonds. The van der Waals surface area contributed by atoms with E-state index in [9.17, 15) is 9.90 Å². The van der Waals surface area contributed by atoms with Crippen molar-refractivity contribution in [3.05, 3.63) is 12.3 Å². The van der Waals surface area contributed by atoms with Crippen LogP contribution in [0.15, 0.2) is 12.3 Å². The van der Waals surface area contributed by atoms with Crippen molar-refractivity contribution in [1.29, 1.82) is 0 Å². The summed E-state index contributed by atoms with van der Waals surface area (Å²) in [7, 11) is 1.87. The number of carbonyl (C=O) groups excluding carboxylic acids is 1. The summed E-state index contributed by atoms with van der Waals surface area (Å²) in [6.07, 6.45) is 5.93. The maximum atomic E-state index is 12.8. The van der Waals surface area contributed by atoms with Crippen LogP contribution in [0.2, 0.25) is 0 Å². The van der Waals surface area contributed by atoms with Gasteiger partial charge in [0.05, 0.1) is 6.04 Å². The highest BCUT2D eigenvalue weighted by molar-refractivity contribution is 5.97. The molecule has 116 valence electrons. The maximum absolute atomic E-state index is 12.8. The topological polar surface area (TPSA) is 61.6 Å². The second kappa shape index (κ2) is 6.15. The molecule has 1 aromatic heterocycles. The fourth-order valence-electron chi connectivity index (χ4n) is 3.50. The predicted molar refractivity (Wildman–Crippen MR) is 80.0 cm³/mol. The Morgan fingerprint density at radius 2 is 2.14 bits per heavy atom. The van der Waals surface area contributed by atoms with Crippen LogP contribution in [0.4, 0.5) is 5.82 Å². The van der Waals surface area contributed by atoms with Gasteiger partial charge in [-0.25, -0.2) is 0 Å². The molecule has 0 aliphatic carbocycles. The minimum Gasteiger partial charge on any atom is -0.396 e. The van der Waals surface area contributed by atoms with Crippen molar-refractivity contribution in [3.63, 3.8) is 0 Å². The first-order chi connectivity index (χ1) is 10.2. The molecular formula is C15H24N4O2. The molecule has 1 aromatic rings. The summed E-state index contributed by atoms with van der Waals surface area (Å²) >= 11 is 0. The van der Waals surface area contributed by atoms with Crippen molar-refractivity contribution in [2.45, 2.75) is 31.7 Å². The SMILES string of the molecule is Cn1ccc(N2CCCC(N3CCCC(CO)C3)C2=O)n1. The van der Waals surface area contributed by atoms with Gasteiger partial charge in [-0.05, 0) is 38.1 Å². The Bertz CT molecular complexity index is 502. The van der Waals surface area contributed by atoms with Gasteiger partial charge >= 0.3 is 0 Å². The molecular weight excluding hydrogens is 268 g/mol. The third kappa shape index (κ3) is 2.96. The molecule has 0 bridgehead atoms. The second-order valence-electron chi connectivity index (χ2n) is 6.18. The van der Waals surface area contributed by atoms with Crippen molar-refractivity contribution >= 4 is 11.7 Å². The summed E-state index contributed by atoms with van der Waals surface area (Å²) in [5.41, 5.74) is 0. The van der Waals surface area contributed by atoms with Gasteiger partial charge in [-0.3, -0.25) is 19.3 Å². The number of anilines is 1. The Labute approximate surface area is 125 Å². The van der Waals surface area contributed by atoms with Crippen LogP contribution in [0.5, 0.6) is 0 Å². The van der Waals surface area contributed by atoms with Crippen LogP contribution in [0.1, 0.15) is 25.7 Å². The van der Waals surface area contributed by atoms with Crippen LogP contribution in [0, 0.1) is 5.92 Å². The lowest BCUT2D eigenvalue weighted by molar-refractivity contribution is -0.126. The number of amides is 1. The summed E-state index contributed by atoms with van der Waals surface area (Å²) in [4.78, 5) is 16.9. The monoisotopic (exact) mass is 292 g/mol. The molecule has 2 aliphatic heterocycles. The largest absolute Gasteiger partial charge is 0.396 e. The van der Waals surface area contributed by atoms with E-state index in [2.05, 4.69) is 10.00 Å². The number of aryl methyl sites for hydroxylation is 1. The molecule has 2 aliphatic rings. The van der Waals surface area contributed by atoms with Crippen molar-refractivity contribution < 1.29 is 9.90 Å². The fourth-order valence-corrected chi connectivity index (χ4v) is 3.50. The number of piperidine rings is 2. The quantitative estimate of drug-likeness (QED) is 0.887. The lowest BCUT2D eigenvalue weighted by atomic mass is 9.94. The van der Waals surface area contributed by atoms with Crippen LogP contribution in [0.25, 0.3) is 0 Å². The molecule has 0 spiro atoms. The van der Waals surface area contributed by atoms with Gasteiger partial charge in [0.2, 0.25) is 5.91 Å². The molecule has 3 rings (SSSR count). The molecule has 2 saturated heterocycles. The number of carbonyl (C=O) groups is 1. The summed E-state index contributed by atoms with van der Waals surface area (Å²) < 4.78 is 1.73. The first-order valence-electron chi connectivity index (χ1n) is 7.85. The van der Waals surface area contributed by atoms with Crippen molar-refractivity contribution in [1.82, 2.24) is 14.7 Å². The van der Waals surface area contributed by atoms with Crippen LogP contribution in [0.3, 0.4) is 0 Å². The smallest absolute Gasteiger partial charge is 0.245 e. The highest BCUT2D eigenvalue weighted by Crippen LogP contribution is 2.26. The number of hydrogen-bond donors (Lipinski definition) is 1. The Morgan fingerprint density at radius 3 is 2.86 bits per heavy atom. The number of hydrogen-bond acceptors (Lipinski definition) is 4. The molecule has 21 heavy (non-hydrogen) atoms.